The van der Waals surface area contributed by atoms with Gasteiger partial charge in [-0.05, 0) is 55.8 Å². The van der Waals surface area contributed by atoms with Gasteiger partial charge in [-0.3, -0.25) is 19.2 Å². The van der Waals surface area contributed by atoms with Gasteiger partial charge in [0.1, 0.15) is 23.9 Å². The number of unbranched alkanes of at least 4 members (excludes halogenated alkanes) is 1. The van der Waals surface area contributed by atoms with Gasteiger partial charge in [0, 0.05) is 12.8 Å². The standard InChI is InChI=1S/C25H40N6O7/c1-14(2)21(24(36)30-19(25(37)38)13-15-6-8-16(32)9-7-15)31-23(35)18(5-3-4-12-26)29-22(34)17(27)10-11-20(28)33/h6-9,14,17-19,21,32H,3-5,10-13,26-27H2,1-2H3,(H2,28,33)(H,29,34)(H,30,36)(H,31,35)(H,37,38). The van der Waals surface area contributed by atoms with E-state index in [9.17, 15) is 34.2 Å². The molecule has 0 radical (unpaired) electrons. The second-order valence-electron chi connectivity index (χ2n) is 9.46. The molecule has 0 saturated carbocycles. The van der Waals surface area contributed by atoms with Crippen molar-refractivity contribution in [1.82, 2.24) is 16.0 Å². The Bertz CT molecular complexity index is 954. The van der Waals surface area contributed by atoms with E-state index in [0.29, 0.717) is 24.9 Å². The van der Waals surface area contributed by atoms with E-state index in [0.717, 1.165) is 0 Å². The van der Waals surface area contributed by atoms with Crippen LogP contribution in [0, 0.1) is 5.92 Å². The third-order valence-electron chi connectivity index (χ3n) is 5.86. The molecule has 4 amide bonds. The molecule has 212 valence electrons. The Morgan fingerprint density at radius 2 is 1.47 bits per heavy atom. The fourth-order valence-electron chi connectivity index (χ4n) is 3.59. The number of hydrogen-bond donors (Lipinski definition) is 8. The molecule has 0 aliphatic rings. The summed E-state index contributed by atoms with van der Waals surface area (Å²) in [5, 5.41) is 26.7. The monoisotopic (exact) mass is 536 g/mol. The Balaban J connectivity index is 2.95. The predicted octanol–water partition coefficient (Wildman–Crippen LogP) is -1.15. The lowest BCUT2D eigenvalue weighted by atomic mass is 10.00. The molecule has 0 aliphatic heterocycles. The lowest BCUT2D eigenvalue weighted by Gasteiger charge is -2.27. The molecule has 0 fully saturated rings. The number of carbonyl (C=O) groups is 5. The number of primary amides is 1. The Morgan fingerprint density at radius 3 is 2.00 bits per heavy atom. The quantitative estimate of drug-likeness (QED) is 0.112. The van der Waals surface area contributed by atoms with E-state index in [4.69, 9.17) is 17.2 Å². The molecule has 13 heteroatoms. The van der Waals surface area contributed by atoms with Crippen LogP contribution in [0.5, 0.6) is 5.75 Å². The first-order chi connectivity index (χ1) is 17.8. The normalized spacial score (nSPS) is 14.1. The van der Waals surface area contributed by atoms with Crippen molar-refractivity contribution in [3.8, 4) is 5.75 Å². The van der Waals surface area contributed by atoms with Crippen molar-refractivity contribution in [2.24, 2.45) is 23.1 Å². The summed E-state index contributed by atoms with van der Waals surface area (Å²) in [6, 6.07) is 1.43. The average Bonchev–Trinajstić information content (AvgIpc) is 2.85. The highest BCUT2D eigenvalue weighted by atomic mass is 16.4. The molecule has 0 aromatic heterocycles. The predicted molar refractivity (Wildman–Crippen MR) is 139 cm³/mol. The van der Waals surface area contributed by atoms with Crippen LogP contribution in [0.1, 0.15) is 51.5 Å². The van der Waals surface area contributed by atoms with Crippen molar-refractivity contribution < 1.29 is 34.2 Å². The van der Waals surface area contributed by atoms with Crippen molar-refractivity contribution in [1.29, 1.82) is 0 Å². The zero-order valence-electron chi connectivity index (χ0n) is 21.8. The molecule has 0 spiro atoms. The van der Waals surface area contributed by atoms with Gasteiger partial charge in [-0.1, -0.05) is 26.0 Å². The maximum absolute atomic E-state index is 13.1. The van der Waals surface area contributed by atoms with E-state index in [1.807, 2.05) is 0 Å². The van der Waals surface area contributed by atoms with E-state index in [2.05, 4.69) is 16.0 Å². The minimum atomic E-state index is -1.28. The van der Waals surface area contributed by atoms with Crippen LogP contribution < -0.4 is 33.2 Å². The van der Waals surface area contributed by atoms with Crippen LogP contribution in [0.25, 0.3) is 0 Å². The second kappa shape index (κ2) is 16.2. The number of phenolic OH excluding ortho intramolecular Hbond substituents is 1. The molecule has 1 rings (SSSR count). The number of carbonyl (C=O) groups excluding carboxylic acids is 4. The highest BCUT2D eigenvalue weighted by Gasteiger charge is 2.32. The number of nitrogens with one attached hydrogen (secondary N) is 3. The van der Waals surface area contributed by atoms with Crippen LogP contribution in [0.15, 0.2) is 24.3 Å². The molecule has 0 aliphatic carbocycles. The van der Waals surface area contributed by atoms with Gasteiger partial charge in [0.15, 0.2) is 0 Å². The summed E-state index contributed by atoms with van der Waals surface area (Å²) in [6.07, 6.45) is 1.20. The van der Waals surface area contributed by atoms with E-state index in [1.165, 1.54) is 12.1 Å². The molecule has 4 atom stereocenters. The van der Waals surface area contributed by atoms with Gasteiger partial charge in [-0.25, -0.2) is 4.79 Å². The van der Waals surface area contributed by atoms with Gasteiger partial charge in [0.2, 0.25) is 23.6 Å². The summed E-state index contributed by atoms with van der Waals surface area (Å²) in [7, 11) is 0. The Kier molecular flexibility index (Phi) is 13.8. The van der Waals surface area contributed by atoms with Crippen molar-refractivity contribution in [3.63, 3.8) is 0 Å². The van der Waals surface area contributed by atoms with Crippen molar-refractivity contribution in [3.05, 3.63) is 29.8 Å². The molecule has 38 heavy (non-hydrogen) atoms. The third-order valence-corrected chi connectivity index (χ3v) is 5.86. The first kappa shape index (κ1) is 32.3. The molecule has 0 heterocycles. The minimum absolute atomic E-state index is 0.00688. The minimum Gasteiger partial charge on any atom is -0.508 e. The summed E-state index contributed by atoms with van der Waals surface area (Å²) in [4.78, 5) is 61.5. The topological polar surface area (TPSA) is 240 Å². The average molecular weight is 537 g/mol. The molecule has 0 bridgehead atoms. The van der Waals surface area contributed by atoms with Crippen LogP contribution in [-0.4, -0.2) is 70.5 Å². The number of hydrogen-bond acceptors (Lipinski definition) is 8. The number of amides is 4. The van der Waals surface area contributed by atoms with Gasteiger partial charge in [-0.2, -0.15) is 0 Å². The fraction of sp³-hybridized carbons (Fsp3) is 0.560. The molecule has 4 unspecified atom stereocenters. The SMILES string of the molecule is CC(C)C(NC(=O)C(CCCCN)NC(=O)C(N)CCC(N)=O)C(=O)NC(Cc1ccc(O)cc1)C(=O)O. The van der Waals surface area contributed by atoms with Crippen molar-refractivity contribution in [2.75, 3.05) is 6.54 Å². The Morgan fingerprint density at radius 1 is 0.868 bits per heavy atom. The first-order valence-corrected chi connectivity index (χ1v) is 12.5. The van der Waals surface area contributed by atoms with Crippen LogP contribution >= 0.6 is 0 Å². The highest BCUT2D eigenvalue weighted by molar-refractivity contribution is 5.94. The van der Waals surface area contributed by atoms with Gasteiger partial charge in [-0.15, -0.1) is 0 Å². The van der Waals surface area contributed by atoms with Gasteiger partial charge in [0.25, 0.3) is 0 Å². The lowest BCUT2D eigenvalue weighted by Crippen LogP contribution is -2.58. The number of benzene rings is 1. The highest BCUT2D eigenvalue weighted by Crippen LogP contribution is 2.12. The largest absolute Gasteiger partial charge is 0.508 e. The number of aromatic hydroxyl groups is 1. The molecule has 1 aromatic carbocycles. The van der Waals surface area contributed by atoms with Crippen LogP contribution in [-0.2, 0) is 30.4 Å². The molecular weight excluding hydrogens is 496 g/mol. The summed E-state index contributed by atoms with van der Waals surface area (Å²) in [5.41, 5.74) is 17.0. The maximum atomic E-state index is 13.1. The number of carboxylic acids is 1. The fourth-order valence-corrected chi connectivity index (χ4v) is 3.59. The number of nitrogens with two attached hydrogens (primary N) is 3. The summed E-state index contributed by atoms with van der Waals surface area (Å²) in [6.45, 7) is 3.75. The van der Waals surface area contributed by atoms with Gasteiger partial charge < -0.3 is 43.4 Å². The summed E-state index contributed by atoms with van der Waals surface area (Å²) < 4.78 is 0. The van der Waals surface area contributed by atoms with Crippen LogP contribution in [0.3, 0.4) is 0 Å². The van der Waals surface area contributed by atoms with Gasteiger partial charge >= 0.3 is 5.97 Å². The molecule has 0 saturated heterocycles. The first-order valence-electron chi connectivity index (χ1n) is 12.5. The van der Waals surface area contributed by atoms with E-state index in [-0.39, 0.29) is 31.4 Å². The number of aliphatic carboxylic acids is 1. The molecule has 1 aromatic rings. The van der Waals surface area contributed by atoms with E-state index < -0.39 is 59.7 Å². The second-order valence-corrected chi connectivity index (χ2v) is 9.46. The van der Waals surface area contributed by atoms with E-state index in [1.54, 1.807) is 26.0 Å². The zero-order valence-corrected chi connectivity index (χ0v) is 21.8. The molecule has 13 nitrogen and oxygen atoms in total. The molecular formula is C25H40N6O7. The zero-order chi connectivity index (χ0) is 28.8. The van der Waals surface area contributed by atoms with Crippen LogP contribution in [0.4, 0.5) is 0 Å². The Hall–Kier alpha value is -3.71. The summed E-state index contributed by atoms with van der Waals surface area (Å²) in [5.74, 6) is -4.26. The van der Waals surface area contributed by atoms with Crippen molar-refractivity contribution in [2.45, 2.75) is 76.5 Å². The lowest BCUT2D eigenvalue weighted by molar-refractivity contribution is -0.142. The summed E-state index contributed by atoms with van der Waals surface area (Å²) >= 11 is 0. The third kappa shape index (κ3) is 11.6. The van der Waals surface area contributed by atoms with E-state index >= 15 is 0 Å². The molecule has 11 N–H and O–H groups in total. The number of rotatable bonds is 17. The number of phenols is 1. The van der Waals surface area contributed by atoms with Crippen LogP contribution in [0.2, 0.25) is 0 Å². The number of carboxylic acid groups (broad SMARTS) is 1. The smallest absolute Gasteiger partial charge is 0.326 e. The Labute approximate surface area is 221 Å². The van der Waals surface area contributed by atoms with Gasteiger partial charge in [0.05, 0.1) is 6.04 Å². The maximum Gasteiger partial charge on any atom is 0.326 e. The van der Waals surface area contributed by atoms with Crippen molar-refractivity contribution >= 4 is 29.6 Å².